The van der Waals surface area contributed by atoms with Crippen molar-refractivity contribution in [1.82, 2.24) is 9.88 Å². The lowest BCUT2D eigenvalue weighted by Crippen LogP contribution is -2.48. The summed E-state index contributed by atoms with van der Waals surface area (Å²) in [6, 6.07) is 4.09. The van der Waals surface area contributed by atoms with Crippen molar-refractivity contribution in [3.8, 4) is 0 Å². The van der Waals surface area contributed by atoms with Crippen LogP contribution in [0.3, 0.4) is 0 Å². The number of carbonyl (C=O) groups is 1. The summed E-state index contributed by atoms with van der Waals surface area (Å²) in [4.78, 5) is 18.5. The van der Waals surface area contributed by atoms with E-state index in [9.17, 15) is 4.79 Å². The van der Waals surface area contributed by atoms with Crippen LogP contribution in [0.25, 0.3) is 0 Å². The normalized spacial score (nSPS) is 29.3. The molecule has 2 aliphatic rings. The first-order valence-corrected chi connectivity index (χ1v) is 6.48. The Kier molecular flexibility index (Phi) is 2.93. The average molecular weight is 230 g/mol. The topological polar surface area (TPSA) is 33.2 Å². The highest BCUT2D eigenvalue weighted by Gasteiger charge is 2.37. The van der Waals surface area contributed by atoms with Crippen molar-refractivity contribution in [2.24, 2.45) is 11.8 Å². The number of Topliss-reactive ketones (excluding diaryl/α,β-unsaturated/α-hetero) is 1. The van der Waals surface area contributed by atoms with Crippen LogP contribution >= 0.6 is 0 Å². The summed E-state index contributed by atoms with van der Waals surface area (Å²) < 4.78 is 0. The van der Waals surface area contributed by atoms with Crippen LogP contribution in [-0.4, -0.2) is 28.8 Å². The Morgan fingerprint density at radius 2 is 2.06 bits per heavy atom. The van der Waals surface area contributed by atoms with Crippen LogP contribution in [0.1, 0.15) is 24.8 Å². The van der Waals surface area contributed by atoms with Crippen LogP contribution in [0.5, 0.6) is 0 Å². The number of hydrogen-bond acceptors (Lipinski definition) is 3. The van der Waals surface area contributed by atoms with Gasteiger partial charge in [0.15, 0.2) is 0 Å². The van der Waals surface area contributed by atoms with Crippen molar-refractivity contribution in [1.29, 1.82) is 0 Å². The number of ketones is 1. The van der Waals surface area contributed by atoms with Gasteiger partial charge in [-0.25, -0.2) is 0 Å². The van der Waals surface area contributed by atoms with Gasteiger partial charge in [0, 0.05) is 43.9 Å². The molecule has 2 atom stereocenters. The minimum Gasteiger partial charge on any atom is -0.299 e. The predicted molar refractivity (Wildman–Crippen MR) is 65.4 cm³/mol. The SMILES string of the molecule is O=C1C2CCCC1CN(Cc1cccnc1)C2. The monoisotopic (exact) mass is 230 g/mol. The quantitative estimate of drug-likeness (QED) is 0.777. The van der Waals surface area contributed by atoms with Crippen molar-refractivity contribution < 1.29 is 4.79 Å². The second-order valence-electron chi connectivity index (χ2n) is 5.28. The van der Waals surface area contributed by atoms with Crippen LogP contribution in [0.2, 0.25) is 0 Å². The van der Waals surface area contributed by atoms with E-state index in [1.807, 2.05) is 12.3 Å². The molecule has 2 unspecified atom stereocenters. The van der Waals surface area contributed by atoms with Gasteiger partial charge in [-0.05, 0) is 24.5 Å². The minimum atomic E-state index is 0.305. The maximum atomic E-state index is 12.0. The van der Waals surface area contributed by atoms with E-state index in [0.29, 0.717) is 17.6 Å². The average Bonchev–Trinajstić information content (AvgIpc) is 2.32. The Morgan fingerprint density at radius 1 is 1.29 bits per heavy atom. The van der Waals surface area contributed by atoms with Crippen LogP contribution in [-0.2, 0) is 11.3 Å². The van der Waals surface area contributed by atoms with Gasteiger partial charge in [0.25, 0.3) is 0 Å². The molecule has 2 heterocycles. The molecule has 0 spiro atoms. The van der Waals surface area contributed by atoms with E-state index in [1.165, 1.54) is 12.0 Å². The predicted octanol–water partition coefficient (Wildman–Crippen LogP) is 1.88. The molecule has 1 aromatic heterocycles. The summed E-state index contributed by atoms with van der Waals surface area (Å²) in [5.41, 5.74) is 1.25. The van der Waals surface area contributed by atoms with Gasteiger partial charge >= 0.3 is 0 Å². The number of likely N-dealkylation sites (tertiary alicyclic amines) is 1. The van der Waals surface area contributed by atoms with E-state index >= 15 is 0 Å². The molecule has 0 amide bonds. The molecule has 1 aliphatic heterocycles. The minimum absolute atomic E-state index is 0.305. The third kappa shape index (κ3) is 2.25. The van der Waals surface area contributed by atoms with E-state index in [4.69, 9.17) is 0 Å². The number of piperidine rings is 1. The molecule has 2 bridgehead atoms. The van der Waals surface area contributed by atoms with Crippen molar-refractivity contribution in [2.75, 3.05) is 13.1 Å². The van der Waals surface area contributed by atoms with Gasteiger partial charge in [-0.2, -0.15) is 0 Å². The molecule has 1 saturated heterocycles. The highest BCUT2D eigenvalue weighted by atomic mass is 16.1. The Hall–Kier alpha value is -1.22. The van der Waals surface area contributed by atoms with Crippen molar-refractivity contribution in [2.45, 2.75) is 25.8 Å². The first kappa shape index (κ1) is 10.9. The Bertz CT molecular complexity index is 388. The lowest BCUT2D eigenvalue weighted by atomic mass is 9.76. The number of rotatable bonds is 2. The second-order valence-corrected chi connectivity index (χ2v) is 5.28. The van der Waals surface area contributed by atoms with E-state index in [-0.39, 0.29) is 0 Å². The lowest BCUT2D eigenvalue weighted by molar-refractivity contribution is -0.134. The smallest absolute Gasteiger partial charge is 0.141 e. The summed E-state index contributed by atoms with van der Waals surface area (Å²) in [5.74, 6) is 1.14. The molecule has 2 fully saturated rings. The summed E-state index contributed by atoms with van der Waals surface area (Å²) >= 11 is 0. The number of fused-ring (bicyclic) bond motifs is 2. The van der Waals surface area contributed by atoms with Gasteiger partial charge in [-0.3, -0.25) is 14.7 Å². The molecule has 3 heteroatoms. The third-order valence-electron chi connectivity index (χ3n) is 4.00. The van der Waals surface area contributed by atoms with Crippen LogP contribution in [0.4, 0.5) is 0 Å². The highest BCUT2D eigenvalue weighted by Crippen LogP contribution is 2.31. The van der Waals surface area contributed by atoms with Gasteiger partial charge in [0.2, 0.25) is 0 Å². The highest BCUT2D eigenvalue weighted by molar-refractivity contribution is 5.85. The fourth-order valence-electron chi connectivity index (χ4n) is 3.17. The van der Waals surface area contributed by atoms with Gasteiger partial charge in [0.1, 0.15) is 5.78 Å². The molecule has 17 heavy (non-hydrogen) atoms. The number of carbonyl (C=O) groups excluding carboxylic acids is 1. The standard InChI is InChI=1S/C14H18N2O/c17-14-12-4-1-5-13(14)10-16(9-12)8-11-3-2-6-15-7-11/h2-3,6-7,12-13H,1,4-5,8-10H2. The van der Waals surface area contributed by atoms with E-state index in [0.717, 1.165) is 32.5 Å². The van der Waals surface area contributed by atoms with Crippen molar-refractivity contribution >= 4 is 5.78 Å². The van der Waals surface area contributed by atoms with Gasteiger partial charge in [0.05, 0.1) is 0 Å². The molecule has 3 nitrogen and oxygen atoms in total. The first-order chi connectivity index (χ1) is 8.33. The number of nitrogens with zero attached hydrogens (tertiary/aromatic N) is 2. The van der Waals surface area contributed by atoms with Crippen LogP contribution in [0.15, 0.2) is 24.5 Å². The zero-order valence-corrected chi connectivity index (χ0v) is 10.0. The number of hydrogen-bond donors (Lipinski definition) is 0. The van der Waals surface area contributed by atoms with E-state index in [1.54, 1.807) is 6.20 Å². The first-order valence-electron chi connectivity index (χ1n) is 6.48. The summed E-state index contributed by atoms with van der Waals surface area (Å²) in [5, 5.41) is 0. The molecular weight excluding hydrogens is 212 g/mol. The van der Waals surface area contributed by atoms with Gasteiger partial charge in [-0.1, -0.05) is 12.5 Å². The van der Waals surface area contributed by atoms with Crippen molar-refractivity contribution in [3.05, 3.63) is 30.1 Å². The Labute approximate surface area is 102 Å². The number of pyridine rings is 1. The van der Waals surface area contributed by atoms with Crippen LogP contribution < -0.4 is 0 Å². The molecule has 0 N–H and O–H groups in total. The summed E-state index contributed by atoms with van der Waals surface area (Å²) in [7, 11) is 0. The largest absolute Gasteiger partial charge is 0.299 e. The zero-order valence-electron chi connectivity index (χ0n) is 10.0. The fourth-order valence-corrected chi connectivity index (χ4v) is 3.17. The molecule has 0 radical (unpaired) electrons. The van der Waals surface area contributed by atoms with Crippen molar-refractivity contribution in [3.63, 3.8) is 0 Å². The summed E-state index contributed by atoms with van der Waals surface area (Å²) in [6.45, 7) is 2.84. The van der Waals surface area contributed by atoms with Gasteiger partial charge < -0.3 is 0 Å². The number of aromatic nitrogens is 1. The molecular formula is C14H18N2O. The van der Waals surface area contributed by atoms with Gasteiger partial charge in [-0.15, -0.1) is 0 Å². The molecule has 1 saturated carbocycles. The Balaban J connectivity index is 1.68. The molecule has 0 aromatic carbocycles. The Morgan fingerprint density at radius 3 is 2.71 bits per heavy atom. The third-order valence-corrected chi connectivity index (χ3v) is 4.00. The van der Waals surface area contributed by atoms with E-state index in [2.05, 4.69) is 16.0 Å². The second kappa shape index (κ2) is 4.57. The molecule has 1 aliphatic carbocycles. The molecule has 3 rings (SSSR count). The fraction of sp³-hybridized carbons (Fsp3) is 0.571. The molecule has 1 aromatic rings. The maximum absolute atomic E-state index is 12.0. The molecule has 90 valence electrons. The van der Waals surface area contributed by atoms with Crippen LogP contribution in [0, 0.1) is 11.8 Å². The zero-order chi connectivity index (χ0) is 11.7. The summed E-state index contributed by atoms with van der Waals surface area (Å²) in [6.07, 6.45) is 7.16. The maximum Gasteiger partial charge on any atom is 0.141 e. The lowest BCUT2D eigenvalue weighted by Gasteiger charge is -2.40. The van der Waals surface area contributed by atoms with E-state index < -0.39 is 0 Å².